The maximum atomic E-state index is 10.5. The number of phenolic OH excluding ortho intramolecular Hbond substituents is 6. The Morgan fingerprint density at radius 1 is 0.220 bits per heavy atom. The maximum absolute atomic E-state index is 10.5. The van der Waals surface area contributed by atoms with E-state index in [2.05, 4.69) is 55.0 Å². The molecule has 0 fully saturated rings. The van der Waals surface area contributed by atoms with Crippen molar-refractivity contribution in [2.24, 2.45) is 0 Å². The average molecular weight is 1350 g/mol. The van der Waals surface area contributed by atoms with E-state index in [-0.39, 0.29) is 40.5 Å². The van der Waals surface area contributed by atoms with Gasteiger partial charge in [0.2, 0.25) is 29.5 Å². The molecule has 0 spiro atoms. The molecule has 18 heteroatoms. The molecule has 17 rings (SSSR count). The Morgan fingerprint density at radius 3 is 0.930 bits per heavy atom. The molecule has 100 heavy (non-hydrogen) atoms. The molecule has 6 N–H and O–H groups in total. The molecule has 0 amide bonds. The molecule has 17 aromatic rings. The number of benzene rings is 11. The van der Waals surface area contributed by atoms with Gasteiger partial charge in [-0.15, -0.1) is 11.3 Å². The van der Waals surface area contributed by atoms with Crippen molar-refractivity contribution in [3.8, 4) is 102 Å². The van der Waals surface area contributed by atoms with Gasteiger partial charge in [0.05, 0.1) is 43.6 Å². The predicted octanol–water partition coefficient (Wildman–Crippen LogP) is 21.1. The van der Waals surface area contributed by atoms with Crippen molar-refractivity contribution < 1.29 is 52.7 Å². The van der Waals surface area contributed by atoms with E-state index in [1.54, 1.807) is 35.6 Å². The van der Waals surface area contributed by atoms with Crippen LogP contribution in [0.3, 0.4) is 0 Å². The number of thiazole rings is 1. The first-order chi connectivity index (χ1) is 48.0. The largest absolute Gasteiger partial charge is 0.507 e. The van der Waals surface area contributed by atoms with Crippen LogP contribution in [0.15, 0.2) is 216 Å². The third-order valence-corrected chi connectivity index (χ3v) is 17.4. The van der Waals surface area contributed by atoms with Gasteiger partial charge in [-0.25, -0.2) is 29.9 Å². The Hall–Kier alpha value is -12.5. The first kappa shape index (κ1) is 66.1. The topological polar surface area (TPSA) is 264 Å². The van der Waals surface area contributed by atoms with Crippen LogP contribution in [0, 0.1) is 69.2 Å². The third-order valence-electron chi connectivity index (χ3n) is 16.4. The van der Waals surface area contributed by atoms with Gasteiger partial charge in [0, 0.05) is 0 Å². The van der Waals surface area contributed by atoms with E-state index < -0.39 is 0 Å². The summed E-state index contributed by atoms with van der Waals surface area (Å²) >= 11 is 1.61. The molecule has 0 atom stereocenters. The van der Waals surface area contributed by atoms with E-state index in [0.29, 0.717) is 73.4 Å². The van der Waals surface area contributed by atoms with E-state index in [1.807, 2.05) is 202 Å². The molecular weight excluding hydrogens is 1280 g/mol. The molecule has 0 radical (unpaired) electrons. The summed E-state index contributed by atoms with van der Waals surface area (Å²) < 4.78 is 29.6. The predicted molar refractivity (Wildman–Crippen MR) is 393 cm³/mol. The van der Waals surface area contributed by atoms with Crippen LogP contribution < -0.4 is 0 Å². The molecule has 11 aromatic carbocycles. The molecule has 0 aliphatic carbocycles. The van der Waals surface area contributed by atoms with E-state index in [9.17, 15) is 30.6 Å². The second-order valence-electron chi connectivity index (χ2n) is 24.9. The van der Waals surface area contributed by atoms with Gasteiger partial charge >= 0.3 is 0 Å². The third kappa shape index (κ3) is 14.4. The Morgan fingerprint density at radius 2 is 0.510 bits per heavy atom. The van der Waals surface area contributed by atoms with Crippen LogP contribution in [0.4, 0.5) is 0 Å². The number of aromatic hydroxyl groups is 6. The molecule has 0 bridgehead atoms. The fourth-order valence-electron chi connectivity index (χ4n) is 11.1. The van der Waals surface area contributed by atoms with Gasteiger partial charge in [0.25, 0.3) is 0 Å². The van der Waals surface area contributed by atoms with Crippen molar-refractivity contribution >= 4 is 77.1 Å². The van der Waals surface area contributed by atoms with Crippen LogP contribution in [0.25, 0.3) is 134 Å². The first-order valence-electron chi connectivity index (χ1n) is 32.0. The summed E-state index contributed by atoms with van der Waals surface area (Å²) in [4.78, 5) is 26.6. The molecule has 0 saturated heterocycles. The van der Waals surface area contributed by atoms with E-state index >= 15 is 0 Å². The number of aromatic nitrogens is 6. The Kier molecular flexibility index (Phi) is 18.2. The molecule has 0 aliphatic rings. The van der Waals surface area contributed by atoms with Gasteiger partial charge in [0.1, 0.15) is 67.1 Å². The smallest absolute Gasteiger partial charge is 0.231 e. The zero-order valence-electron chi connectivity index (χ0n) is 56.3. The van der Waals surface area contributed by atoms with Crippen LogP contribution in [0.2, 0.25) is 0 Å². The van der Waals surface area contributed by atoms with Gasteiger partial charge < -0.3 is 52.7 Å². The van der Waals surface area contributed by atoms with Crippen LogP contribution in [0.1, 0.15) is 55.6 Å². The van der Waals surface area contributed by atoms with Crippen LogP contribution >= 0.6 is 11.3 Å². The number of fused-ring (bicyclic) bond motifs is 6. The summed E-state index contributed by atoms with van der Waals surface area (Å²) in [5.41, 5.74) is 22.3. The van der Waals surface area contributed by atoms with Crippen molar-refractivity contribution in [1.82, 2.24) is 29.9 Å². The highest BCUT2D eigenvalue weighted by molar-refractivity contribution is 7.21. The number of rotatable bonds is 6. The summed E-state index contributed by atoms with van der Waals surface area (Å²) in [6.45, 7) is 19.8. The number of oxazole rings is 5. The summed E-state index contributed by atoms with van der Waals surface area (Å²) in [6.07, 6.45) is 0. The van der Waals surface area contributed by atoms with Crippen molar-refractivity contribution in [3.05, 3.63) is 250 Å². The molecule has 0 aliphatic heterocycles. The van der Waals surface area contributed by atoms with Crippen LogP contribution in [0.5, 0.6) is 34.5 Å². The Balaban J connectivity index is 0.000000114. The molecular formula is C82H68N6O11S. The van der Waals surface area contributed by atoms with Crippen LogP contribution in [-0.2, 0) is 0 Å². The zero-order chi connectivity index (χ0) is 70.2. The summed E-state index contributed by atoms with van der Waals surface area (Å²) in [7, 11) is 0. The normalized spacial score (nSPS) is 11.1. The maximum Gasteiger partial charge on any atom is 0.231 e. The van der Waals surface area contributed by atoms with Crippen LogP contribution in [-0.4, -0.2) is 60.5 Å². The summed E-state index contributed by atoms with van der Waals surface area (Å²) in [6, 6.07) is 59.8. The SMILES string of the molecule is Cc1ccc(-c2nc3cc(C)ccc3o2)c(O)c1.Cc1ccc(-c2nc3cc(C)ccc3s2)c(O)c1.Cc1ccc(-c2nc3ccc(C)cc3o2)c(O)c1.Cc1ccc(O)c(-c2nc3cc(C)ccc3o2)c1.Cc1ccc2oc(-c3cc(O)c(-c4nc5cc(C)ccc5o4)cc3O)nc2c1. The molecule has 0 saturated carbocycles. The molecule has 6 heterocycles. The average Bonchev–Trinajstić information content (AvgIpc) is 1.64. The van der Waals surface area contributed by atoms with E-state index in [0.717, 1.165) is 104 Å². The van der Waals surface area contributed by atoms with E-state index in [1.165, 1.54) is 17.7 Å². The molecule has 17 nitrogen and oxygen atoms in total. The van der Waals surface area contributed by atoms with Crippen molar-refractivity contribution in [1.29, 1.82) is 0 Å². The number of nitrogens with zero attached hydrogens (tertiary/aromatic N) is 6. The first-order valence-corrected chi connectivity index (χ1v) is 32.8. The number of hydrogen-bond acceptors (Lipinski definition) is 18. The van der Waals surface area contributed by atoms with Gasteiger partial charge in [-0.2, -0.15) is 0 Å². The second kappa shape index (κ2) is 27.5. The Bertz CT molecular complexity index is 5520. The number of hydrogen-bond donors (Lipinski definition) is 6. The standard InChI is InChI=1S/C22H16N2O4.3C15H13NO2.C15H13NOS/c1-11-3-5-19-15(7-11)23-21(27-19)13-9-18(26)14(10-17(13)25)22-24-16-8-12(2)4-6-20(16)28-22;1-9-4-6-14-12(7-9)16-15(18-14)11-5-3-10(2)8-13(11)17;1-9-3-5-13(17)11(7-9)15-16-12-8-10(2)4-6-14(12)18-15;1-9-3-5-11(13(17)7-9)15-16-12-6-4-10(2)8-14(12)18-15;1-9-4-6-14-12(7-9)16-15(18-14)11-5-3-10(2)8-13(11)17/h3-10,25-26H,1-2H3;4*3-8,17H,1-2H3. The minimum absolute atomic E-state index is 0.0884. The second-order valence-corrected chi connectivity index (χ2v) is 25.9. The van der Waals surface area contributed by atoms with Gasteiger partial charge in [0.15, 0.2) is 27.9 Å². The van der Waals surface area contributed by atoms with E-state index in [4.69, 9.17) is 22.1 Å². The van der Waals surface area contributed by atoms with Crippen molar-refractivity contribution in [2.75, 3.05) is 0 Å². The highest BCUT2D eigenvalue weighted by Gasteiger charge is 2.21. The monoisotopic (exact) mass is 1340 g/mol. The highest BCUT2D eigenvalue weighted by Crippen LogP contribution is 2.42. The van der Waals surface area contributed by atoms with Gasteiger partial charge in [-0.05, 0) is 253 Å². The molecule has 498 valence electrons. The lowest BCUT2D eigenvalue weighted by Crippen LogP contribution is -1.84. The number of phenols is 6. The quantitative estimate of drug-likeness (QED) is 0.0845. The minimum atomic E-state index is -0.0884. The highest BCUT2D eigenvalue weighted by atomic mass is 32.1. The van der Waals surface area contributed by atoms with Crippen molar-refractivity contribution in [3.63, 3.8) is 0 Å². The lowest BCUT2D eigenvalue weighted by molar-refractivity contribution is 0.458. The van der Waals surface area contributed by atoms with Crippen molar-refractivity contribution in [2.45, 2.75) is 69.2 Å². The molecule has 6 aromatic heterocycles. The zero-order valence-corrected chi connectivity index (χ0v) is 57.1. The fourth-order valence-corrected chi connectivity index (χ4v) is 12.1. The summed E-state index contributed by atoms with van der Waals surface area (Å²) in [5, 5.41) is 61.7. The lowest BCUT2D eigenvalue weighted by atomic mass is 10.1. The number of aryl methyl sites for hydroxylation is 10. The fraction of sp³-hybridized carbons (Fsp3) is 0.122. The summed E-state index contributed by atoms with van der Waals surface area (Å²) in [5.74, 6) is 2.51. The minimum Gasteiger partial charge on any atom is -0.507 e. The van der Waals surface area contributed by atoms with Gasteiger partial charge in [-0.1, -0.05) is 66.2 Å². The Labute approximate surface area is 577 Å². The lowest BCUT2D eigenvalue weighted by Gasteiger charge is -2.05. The van der Waals surface area contributed by atoms with Gasteiger partial charge in [-0.3, -0.25) is 0 Å². The molecule has 0 unspecified atom stereocenters.